The van der Waals surface area contributed by atoms with Crippen LogP contribution in [0.1, 0.15) is 18.4 Å². The molecule has 0 saturated carbocycles. The molecular formula is C22H26N4OS. The molecule has 6 heteroatoms. The number of hydrogen-bond acceptors (Lipinski definition) is 4. The summed E-state index contributed by atoms with van der Waals surface area (Å²) in [7, 11) is 0. The van der Waals surface area contributed by atoms with Crippen LogP contribution in [-0.4, -0.2) is 41.8 Å². The van der Waals surface area contributed by atoms with Crippen molar-refractivity contribution in [3.63, 3.8) is 0 Å². The normalized spacial score (nSPS) is 17.0. The van der Waals surface area contributed by atoms with E-state index < -0.39 is 0 Å². The summed E-state index contributed by atoms with van der Waals surface area (Å²) >= 11 is 1.74. The fourth-order valence-electron chi connectivity index (χ4n) is 3.74. The Bertz CT molecular complexity index is 904. The van der Waals surface area contributed by atoms with Gasteiger partial charge in [0.25, 0.3) is 0 Å². The van der Waals surface area contributed by atoms with Crippen LogP contribution in [-0.2, 0) is 11.2 Å². The van der Waals surface area contributed by atoms with Crippen molar-refractivity contribution < 1.29 is 4.79 Å². The highest BCUT2D eigenvalue weighted by Gasteiger charge is 2.27. The molecule has 4 rings (SSSR count). The Labute approximate surface area is 169 Å². The van der Waals surface area contributed by atoms with Gasteiger partial charge in [-0.05, 0) is 55.3 Å². The predicted molar refractivity (Wildman–Crippen MR) is 116 cm³/mol. The molecule has 1 amide bonds. The first kappa shape index (κ1) is 18.9. The third-order valence-corrected chi connectivity index (χ3v) is 6.08. The first-order chi connectivity index (χ1) is 13.7. The van der Waals surface area contributed by atoms with E-state index in [0.29, 0.717) is 13.1 Å². The average Bonchev–Trinajstić information content (AvgIpc) is 3.19. The third-order valence-electron chi connectivity index (χ3n) is 5.34. The Balaban J connectivity index is 1.31. The molecule has 2 aromatic carbocycles. The van der Waals surface area contributed by atoms with Crippen LogP contribution in [0.2, 0.25) is 0 Å². The summed E-state index contributed by atoms with van der Waals surface area (Å²) in [5.74, 6) is 1.04. The molecule has 28 heavy (non-hydrogen) atoms. The minimum atomic E-state index is 0.0147. The van der Waals surface area contributed by atoms with Gasteiger partial charge in [-0.1, -0.05) is 24.3 Å². The number of H-pyrrole nitrogens is 1. The second-order valence-electron chi connectivity index (χ2n) is 7.25. The number of thioether (sulfide) groups is 1. The van der Waals surface area contributed by atoms with Gasteiger partial charge in [0.05, 0.1) is 17.0 Å². The number of piperidine rings is 1. The fourth-order valence-corrected chi connectivity index (χ4v) is 4.15. The zero-order chi connectivity index (χ0) is 19.3. The summed E-state index contributed by atoms with van der Waals surface area (Å²) in [5, 5.41) is 3.13. The summed E-state index contributed by atoms with van der Waals surface area (Å²) in [6.07, 6.45) is 4.88. The van der Waals surface area contributed by atoms with Crippen molar-refractivity contribution in [1.82, 2.24) is 15.3 Å². The summed E-state index contributed by atoms with van der Waals surface area (Å²) < 4.78 is 0. The molecule has 3 aromatic rings. The number of carbonyl (C=O) groups excluding carboxylic acids is 1. The molecule has 0 aliphatic carbocycles. The largest absolute Gasteiger partial charge is 0.355 e. The number of imidazole rings is 1. The molecule has 1 aromatic heterocycles. The topological polar surface area (TPSA) is 61.0 Å². The van der Waals surface area contributed by atoms with Crippen molar-refractivity contribution in [2.24, 2.45) is 5.92 Å². The lowest BCUT2D eigenvalue weighted by Gasteiger charge is -2.31. The lowest BCUT2D eigenvalue weighted by molar-refractivity contribution is -0.125. The van der Waals surface area contributed by atoms with Crippen molar-refractivity contribution >= 4 is 34.7 Å². The highest BCUT2D eigenvalue weighted by atomic mass is 32.2. The molecule has 1 aliphatic rings. The minimum Gasteiger partial charge on any atom is -0.355 e. The van der Waals surface area contributed by atoms with Crippen molar-refractivity contribution in [3.05, 3.63) is 54.1 Å². The van der Waals surface area contributed by atoms with Crippen LogP contribution in [0.3, 0.4) is 0 Å². The van der Waals surface area contributed by atoms with E-state index in [-0.39, 0.29) is 11.8 Å². The SMILES string of the molecule is CSc1ccc(CCNC(=O)[C@H]2CCCN(c3nc4ccccc4[nH]3)C2)cc1. The average molecular weight is 395 g/mol. The van der Waals surface area contributed by atoms with Crippen LogP contribution in [0, 0.1) is 5.92 Å². The first-order valence-corrected chi connectivity index (χ1v) is 11.1. The Kier molecular flexibility index (Phi) is 5.86. The van der Waals surface area contributed by atoms with Crippen LogP contribution in [0.4, 0.5) is 5.95 Å². The molecule has 2 N–H and O–H groups in total. The molecule has 1 aliphatic heterocycles. The van der Waals surface area contributed by atoms with Crippen LogP contribution in [0.5, 0.6) is 0 Å². The van der Waals surface area contributed by atoms with Crippen molar-refractivity contribution in [1.29, 1.82) is 0 Å². The number of para-hydroxylation sites is 2. The van der Waals surface area contributed by atoms with Crippen molar-refractivity contribution in [3.8, 4) is 0 Å². The van der Waals surface area contributed by atoms with Gasteiger partial charge in [-0.25, -0.2) is 4.98 Å². The minimum absolute atomic E-state index is 0.0147. The molecule has 0 radical (unpaired) electrons. The number of aromatic amines is 1. The molecule has 1 saturated heterocycles. The second kappa shape index (κ2) is 8.69. The van der Waals surface area contributed by atoms with Gasteiger partial charge >= 0.3 is 0 Å². The zero-order valence-electron chi connectivity index (χ0n) is 16.1. The van der Waals surface area contributed by atoms with Gasteiger partial charge in [0.1, 0.15) is 0 Å². The van der Waals surface area contributed by atoms with E-state index in [2.05, 4.69) is 50.7 Å². The summed E-state index contributed by atoms with van der Waals surface area (Å²) in [6, 6.07) is 16.6. The molecule has 146 valence electrons. The smallest absolute Gasteiger partial charge is 0.224 e. The fraction of sp³-hybridized carbons (Fsp3) is 0.364. The predicted octanol–water partition coefficient (Wildman–Crippen LogP) is 3.86. The van der Waals surface area contributed by atoms with E-state index in [1.54, 1.807) is 11.8 Å². The van der Waals surface area contributed by atoms with Gasteiger partial charge in [-0.15, -0.1) is 11.8 Å². The van der Waals surface area contributed by atoms with E-state index >= 15 is 0 Å². The molecule has 1 atom stereocenters. The Morgan fingerprint density at radius 3 is 2.86 bits per heavy atom. The highest BCUT2D eigenvalue weighted by molar-refractivity contribution is 7.98. The van der Waals surface area contributed by atoms with Crippen LogP contribution >= 0.6 is 11.8 Å². The van der Waals surface area contributed by atoms with Gasteiger partial charge < -0.3 is 15.2 Å². The number of aromatic nitrogens is 2. The van der Waals surface area contributed by atoms with E-state index in [4.69, 9.17) is 0 Å². The molecular weight excluding hydrogens is 368 g/mol. The van der Waals surface area contributed by atoms with Crippen molar-refractivity contribution in [2.45, 2.75) is 24.2 Å². The number of carbonyl (C=O) groups is 1. The number of nitrogens with one attached hydrogen (secondary N) is 2. The van der Waals surface area contributed by atoms with Gasteiger partial charge in [-0.2, -0.15) is 0 Å². The molecule has 1 fully saturated rings. The van der Waals surface area contributed by atoms with Crippen molar-refractivity contribution in [2.75, 3.05) is 30.8 Å². The summed E-state index contributed by atoms with van der Waals surface area (Å²) in [6.45, 7) is 2.33. The highest BCUT2D eigenvalue weighted by Crippen LogP contribution is 2.23. The number of nitrogens with zero attached hydrogens (tertiary/aromatic N) is 2. The molecule has 5 nitrogen and oxygen atoms in total. The number of rotatable bonds is 6. The number of amides is 1. The first-order valence-electron chi connectivity index (χ1n) is 9.83. The Morgan fingerprint density at radius 2 is 2.07 bits per heavy atom. The van der Waals surface area contributed by atoms with E-state index in [1.807, 2.05) is 24.3 Å². The summed E-state index contributed by atoms with van der Waals surface area (Å²) in [5.41, 5.74) is 3.26. The maximum Gasteiger partial charge on any atom is 0.224 e. The van der Waals surface area contributed by atoms with Gasteiger partial charge in [0.2, 0.25) is 11.9 Å². The number of benzene rings is 2. The third kappa shape index (κ3) is 4.33. The van der Waals surface area contributed by atoms with E-state index in [9.17, 15) is 4.79 Å². The lowest BCUT2D eigenvalue weighted by Crippen LogP contribution is -2.43. The summed E-state index contributed by atoms with van der Waals surface area (Å²) in [4.78, 5) is 24.2. The molecule has 0 bridgehead atoms. The van der Waals surface area contributed by atoms with Gasteiger partial charge in [-0.3, -0.25) is 4.79 Å². The van der Waals surface area contributed by atoms with Gasteiger partial charge in [0.15, 0.2) is 0 Å². The van der Waals surface area contributed by atoms with Gasteiger partial charge in [0, 0.05) is 24.5 Å². The van der Waals surface area contributed by atoms with Crippen LogP contribution in [0.25, 0.3) is 11.0 Å². The maximum atomic E-state index is 12.7. The number of hydrogen-bond donors (Lipinski definition) is 2. The monoisotopic (exact) mass is 394 g/mol. The Hall–Kier alpha value is -2.47. The van der Waals surface area contributed by atoms with Crippen LogP contribution < -0.4 is 10.2 Å². The second-order valence-corrected chi connectivity index (χ2v) is 8.13. The molecule has 2 heterocycles. The maximum absolute atomic E-state index is 12.7. The van der Waals surface area contributed by atoms with E-state index in [0.717, 1.165) is 42.8 Å². The zero-order valence-corrected chi connectivity index (χ0v) is 17.0. The lowest BCUT2D eigenvalue weighted by atomic mass is 9.97. The number of anilines is 1. The molecule has 0 unspecified atom stereocenters. The molecule has 0 spiro atoms. The standard InChI is InChI=1S/C22H26N4OS/c1-28-18-10-8-16(9-11-18)12-13-23-21(27)17-5-4-14-26(15-17)22-24-19-6-2-3-7-20(19)25-22/h2-3,6-11,17H,4-5,12-15H2,1H3,(H,23,27)(H,24,25)/t17-/m0/s1. The number of fused-ring (bicyclic) bond motifs is 1. The quantitative estimate of drug-likeness (QED) is 0.623. The van der Waals surface area contributed by atoms with E-state index in [1.165, 1.54) is 10.5 Å². The van der Waals surface area contributed by atoms with Crippen LogP contribution in [0.15, 0.2) is 53.4 Å². The Morgan fingerprint density at radius 1 is 1.25 bits per heavy atom.